The minimum Gasteiger partial charge on any atom is -0.410 e. The molecule has 4 heteroatoms. The van der Waals surface area contributed by atoms with Crippen molar-refractivity contribution in [3.8, 4) is 0 Å². The van der Waals surface area contributed by atoms with Crippen LogP contribution in [0.2, 0.25) is 16.6 Å². The van der Waals surface area contributed by atoms with Crippen molar-refractivity contribution in [2.24, 2.45) is 0 Å². The highest BCUT2D eigenvalue weighted by atomic mass is 28.4. The first-order valence-electron chi connectivity index (χ1n) is 14.5. The van der Waals surface area contributed by atoms with Crippen LogP contribution < -0.4 is 0 Å². The highest BCUT2D eigenvalue weighted by molar-refractivity contribution is 6.77. The van der Waals surface area contributed by atoms with E-state index in [4.69, 9.17) is 4.43 Å². The van der Waals surface area contributed by atoms with Gasteiger partial charge < -0.3 is 9.53 Å². The third kappa shape index (κ3) is 7.41. The van der Waals surface area contributed by atoms with Crippen molar-refractivity contribution in [1.29, 1.82) is 0 Å². The van der Waals surface area contributed by atoms with E-state index in [0.717, 1.165) is 19.3 Å². The van der Waals surface area contributed by atoms with E-state index >= 15 is 0 Å². The van der Waals surface area contributed by atoms with Crippen LogP contribution in [0.1, 0.15) is 126 Å². The Hall–Kier alpha value is -0.163. The highest BCUT2D eigenvalue weighted by Gasteiger charge is 2.46. The van der Waals surface area contributed by atoms with Gasteiger partial charge in [0.1, 0.15) is 0 Å². The minimum absolute atomic E-state index is 0.177. The zero-order valence-corrected chi connectivity index (χ0v) is 24.4. The summed E-state index contributed by atoms with van der Waals surface area (Å²) >= 11 is 0. The first-order valence-corrected chi connectivity index (χ1v) is 16.6. The fourth-order valence-corrected chi connectivity index (χ4v) is 12.7. The molecule has 1 N–H and O–H groups in total. The number of hydrogen-bond donors (Lipinski definition) is 1. The lowest BCUT2D eigenvalue weighted by atomic mass is 9.84. The van der Waals surface area contributed by atoms with Crippen LogP contribution in [0.5, 0.6) is 0 Å². The molecular weight excluding hydrogens is 422 g/mol. The van der Waals surface area contributed by atoms with Crippen LogP contribution in [0.25, 0.3) is 0 Å². The van der Waals surface area contributed by atoms with Crippen molar-refractivity contribution in [2.45, 2.75) is 173 Å². The second-order valence-corrected chi connectivity index (χ2v) is 17.5. The molecule has 0 aromatic carbocycles. The van der Waals surface area contributed by atoms with Crippen LogP contribution in [-0.4, -0.2) is 48.7 Å². The summed E-state index contributed by atoms with van der Waals surface area (Å²) in [4.78, 5) is 2.64. The molecule has 2 fully saturated rings. The van der Waals surface area contributed by atoms with Crippen LogP contribution in [-0.2, 0) is 4.43 Å². The van der Waals surface area contributed by atoms with Gasteiger partial charge in [-0.1, -0.05) is 99.1 Å². The predicted molar refractivity (Wildman–Crippen MR) is 146 cm³/mol. The number of unbranched alkanes of at least 4 members (excludes halogenated alkanes) is 4. The van der Waals surface area contributed by atoms with Gasteiger partial charge in [-0.15, -0.1) is 0 Å². The Balaban J connectivity index is 2.20. The van der Waals surface area contributed by atoms with Crippen LogP contribution in [0.4, 0.5) is 0 Å². The number of aliphatic hydroxyl groups is 1. The molecule has 0 aromatic heterocycles. The Morgan fingerprint density at radius 1 is 0.909 bits per heavy atom. The molecule has 0 aliphatic carbocycles. The van der Waals surface area contributed by atoms with Crippen molar-refractivity contribution in [3.05, 3.63) is 12.2 Å². The van der Waals surface area contributed by atoms with E-state index in [-0.39, 0.29) is 18.2 Å². The molecule has 0 bridgehead atoms. The molecule has 2 aliphatic heterocycles. The standard InChI is InChI=1S/C29H57NO2Si/c1-9-10-11-12-13-17-28(32-33(22(2)3,23(4)5)24(6)7)20-18-26-15-14-16-27-19-21-29(31)25(8)30(26)27/h18,20,22-29,31H,9-17,19,21H2,1-8H3/b20-18+/t25-,26-,27-,28-,29+/m0/s1. The summed E-state index contributed by atoms with van der Waals surface area (Å²) in [5.41, 5.74) is 1.85. The molecule has 5 atom stereocenters. The van der Waals surface area contributed by atoms with Crippen LogP contribution in [0.3, 0.4) is 0 Å². The van der Waals surface area contributed by atoms with Crippen LogP contribution >= 0.6 is 0 Å². The fraction of sp³-hybridized carbons (Fsp3) is 0.931. The number of fused-ring (bicyclic) bond motifs is 1. The Labute approximate surface area is 207 Å². The highest BCUT2D eigenvalue weighted by Crippen LogP contribution is 2.44. The summed E-state index contributed by atoms with van der Waals surface area (Å²) in [6.45, 7) is 18.9. The summed E-state index contributed by atoms with van der Waals surface area (Å²) in [6, 6.07) is 1.37. The summed E-state index contributed by atoms with van der Waals surface area (Å²) in [5.74, 6) is 0. The molecule has 0 spiro atoms. The van der Waals surface area contributed by atoms with Crippen LogP contribution in [0, 0.1) is 0 Å². The zero-order valence-electron chi connectivity index (χ0n) is 23.4. The van der Waals surface area contributed by atoms with Gasteiger partial charge in [0, 0.05) is 18.1 Å². The second-order valence-electron chi connectivity index (χ2n) is 12.0. The van der Waals surface area contributed by atoms with E-state index in [2.05, 4.69) is 72.4 Å². The van der Waals surface area contributed by atoms with Gasteiger partial charge in [-0.05, 0) is 55.7 Å². The van der Waals surface area contributed by atoms with Crippen molar-refractivity contribution >= 4 is 8.32 Å². The molecule has 3 nitrogen and oxygen atoms in total. The Bertz CT molecular complexity index is 552. The van der Waals surface area contributed by atoms with Crippen molar-refractivity contribution in [3.63, 3.8) is 0 Å². The molecule has 194 valence electrons. The van der Waals surface area contributed by atoms with E-state index in [0.29, 0.717) is 28.7 Å². The quantitative estimate of drug-likeness (QED) is 0.164. The maximum atomic E-state index is 10.5. The minimum atomic E-state index is -1.92. The second kappa shape index (κ2) is 13.8. The lowest BCUT2D eigenvalue weighted by Crippen LogP contribution is -2.57. The third-order valence-corrected chi connectivity index (χ3v) is 15.0. The molecular formula is C29H57NO2Si. The van der Waals surface area contributed by atoms with Crippen molar-refractivity contribution in [1.82, 2.24) is 4.90 Å². The van der Waals surface area contributed by atoms with Gasteiger partial charge >= 0.3 is 0 Å². The van der Waals surface area contributed by atoms with Gasteiger partial charge in [0.05, 0.1) is 12.2 Å². The number of aliphatic hydroxyl groups excluding tert-OH is 1. The summed E-state index contributed by atoms with van der Waals surface area (Å²) in [5, 5.41) is 10.5. The number of piperidine rings is 2. The van der Waals surface area contributed by atoms with E-state index in [1.54, 1.807) is 0 Å². The fourth-order valence-electron chi connectivity index (χ4n) is 7.12. The third-order valence-electron chi connectivity index (χ3n) is 8.87. The average Bonchev–Trinajstić information content (AvgIpc) is 2.76. The van der Waals surface area contributed by atoms with Gasteiger partial charge in [-0.25, -0.2) is 0 Å². The number of nitrogens with zero attached hydrogens (tertiary/aromatic N) is 1. The van der Waals surface area contributed by atoms with Gasteiger partial charge in [-0.2, -0.15) is 0 Å². The van der Waals surface area contributed by atoms with Gasteiger partial charge in [0.25, 0.3) is 0 Å². The maximum absolute atomic E-state index is 10.5. The SMILES string of the molecule is CCCCCCC[C@@H](/C=C/[C@@H]1CCC[C@H]2CC[C@@H](O)[C@H](C)N21)O[Si](C(C)C)(C(C)C)C(C)C. The van der Waals surface area contributed by atoms with Crippen molar-refractivity contribution < 1.29 is 9.53 Å². The molecule has 2 aliphatic rings. The topological polar surface area (TPSA) is 32.7 Å². The Kier molecular flexibility index (Phi) is 12.2. The van der Waals surface area contributed by atoms with Crippen molar-refractivity contribution in [2.75, 3.05) is 0 Å². The van der Waals surface area contributed by atoms with Crippen LogP contribution in [0.15, 0.2) is 12.2 Å². The molecule has 2 saturated heterocycles. The largest absolute Gasteiger partial charge is 0.410 e. The smallest absolute Gasteiger partial charge is 0.201 e. The normalized spacial score (nSPS) is 28.2. The molecule has 2 rings (SSSR count). The Morgan fingerprint density at radius 3 is 2.15 bits per heavy atom. The summed E-state index contributed by atoms with van der Waals surface area (Å²) in [6.07, 6.45) is 18.7. The first-order chi connectivity index (χ1) is 15.6. The molecule has 0 unspecified atom stereocenters. The summed E-state index contributed by atoms with van der Waals surface area (Å²) in [7, 11) is -1.92. The predicted octanol–water partition coefficient (Wildman–Crippen LogP) is 8.23. The van der Waals surface area contributed by atoms with Gasteiger partial charge in [0.2, 0.25) is 8.32 Å². The monoisotopic (exact) mass is 479 g/mol. The summed E-state index contributed by atoms with van der Waals surface area (Å²) < 4.78 is 7.29. The molecule has 0 radical (unpaired) electrons. The first kappa shape index (κ1) is 29.1. The molecule has 0 saturated carbocycles. The molecule has 0 amide bonds. The van der Waals surface area contributed by atoms with Gasteiger partial charge in [0.15, 0.2) is 0 Å². The lowest BCUT2D eigenvalue weighted by Gasteiger charge is -2.50. The lowest BCUT2D eigenvalue weighted by molar-refractivity contribution is -0.0462. The van der Waals surface area contributed by atoms with E-state index < -0.39 is 8.32 Å². The Morgan fingerprint density at radius 2 is 1.55 bits per heavy atom. The zero-order chi connectivity index (χ0) is 24.6. The average molecular weight is 480 g/mol. The maximum Gasteiger partial charge on any atom is 0.201 e. The molecule has 2 heterocycles. The van der Waals surface area contributed by atoms with E-state index in [1.165, 1.54) is 51.4 Å². The van der Waals surface area contributed by atoms with E-state index in [9.17, 15) is 5.11 Å². The number of hydrogen-bond acceptors (Lipinski definition) is 3. The molecule has 0 aromatic rings. The number of rotatable bonds is 13. The molecule has 33 heavy (non-hydrogen) atoms. The van der Waals surface area contributed by atoms with Gasteiger partial charge in [-0.3, -0.25) is 4.90 Å². The van der Waals surface area contributed by atoms with E-state index in [1.807, 2.05) is 0 Å².